The number of aliphatic imine (C=N–C) groups is 1. The summed E-state index contributed by atoms with van der Waals surface area (Å²) < 4.78 is 24.8. The second-order valence-electron chi connectivity index (χ2n) is 3.23. The molecule has 2 N–H and O–H groups in total. The third-order valence-corrected chi connectivity index (χ3v) is 3.39. The van der Waals surface area contributed by atoms with Gasteiger partial charge in [0.25, 0.3) is 0 Å². The number of hydrogen-bond donors (Lipinski definition) is 1. The number of rotatable bonds is 1. The van der Waals surface area contributed by atoms with E-state index in [1.807, 2.05) is 0 Å². The van der Waals surface area contributed by atoms with Gasteiger partial charge in [0.05, 0.1) is 4.70 Å². The van der Waals surface area contributed by atoms with Crippen LogP contribution in [0.4, 0.5) is 13.9 Å². The zero-order valence-corrected chi connectivity index (χ0v) is 11.5. The number of alkyl halides is 3. The van der Waals surface area contributed by atoms with E-state index in [9.17, 15) is 8.78 Å². The average molecular weight is 331 g/mol. The van der Waals surface area contributed by atoms with E-state index < -0.39 is 15.4 Å². The zero-order chi connectivity index (χ0) is 13.5. The van der Waals surface area contributed by atoms with Crippen LogP contribution in [-0.2, 0) is 0 Å². The number of fused-ring (bicyclic) bond motifs is 1. The van der Waals surface area contributed by atoms with Crippen LogP contribution in [0.1, 0.15) is 0 Å². The average Bonchev–Trinajstić information content (AvgIpc) is 2.58. The molecule has 0 bridgehead atoms. The first-order chi connectivity index (χ1) is 8.27. The number of benzene rings is 1. The highest BCUT2D eigenvalue weighted by Crippen LogP contribution is 2.33. The number of amidine groups is 1. The first-order valence-electron chi connectivity index (χ1n) is 4.44. The van der Waals surface area contributed by atoms with Gasteiger partial charge in [-0.05, 0) is 6.07 Å². The van der Waals surface area contributed by atoms with Crippen molar-refractivity contribution in [2.24, 2.45) is 10.7 Å². The molecule has 0 fully saturated rings. The molecule has 0 saturated heterocycles. The van der Waals surface area contributed by atoms with Crippen LogP contribution < -0.4 is 5.73 Å². The van der Waals surface area contributed by atoms with Gasteiger partial charge in [-0.3, -0.25) is 0 Å². The maximum atomic E-state index is 13.4. The lowest BCUT2D eigenvalue weighted by Crippen LogP contribution is -2.27. The molecule has 1 aromatic carbocycles. The Balaban J connectivity index is 2.52. The van der Waals surface area contributed by atoms with Gasteiger partial charge < -0.3 is 5.73 Å². The van der Waals surface area contributed by atoms with Crippen molar-refractivity contribution in [3.05, 3.63) is 23.8 Å². The van der Waals surface area contributed by atoms with Gasteiger partial charge in [-0.2, -0.15) is 0 Å². The lowest BCUT2D eigenvalue weighted by atomic mass is 10.3. The molecule has 96 valence electrons. The van der Waals surface area contributed by atoms with Gasteiger partial charge >= 0.3 is 0 Å². The summed E-state index contributed by atoms with van der Waals surface area (Å²) in [6.07, 6.45) is 0. The highest BCUT2D eigenvalue weighted by Gasteiger charge is 2.26. The summed E-state index contributed by atoms with van der Waals surface area (Å²) in [4.78, 5) is 7.60. The van der Waals surface area contributed by atoms with Crippen LogP contribution >= 0.6 is 46.1 Å². The first-order valence-corrected chi connectivity index (χ1v) is 6.39. The zero-order valence-electron chi connectivity index (χ0n) is 8.42. The van der Waals surface area contributed by atoms with Crippen LogP contribution in [0.5, 0.6) is 0 Å². The van der Waals surface area contributed by atoms with Crippen LogP contribution in [0.15, 0.2) is 17.1 Å². The van der Waals surface area contributed by atoms with Crippen molar-refractivity contribution in [2.75, 3.05) is 0 Å². The smallest absolute Gasteiger partial charge is 0.247 e. The van der Waals surface area contributed by atoms with Crippen LogP contribution in [0, 0.1) is 11.6 Å². The van der Waals surface area contributed by atoms with E-state index in [0.717, 1.165) is 23.5 Å². The van der Waals surface area contributed by atoms with Crippen molar-refractivity contribution in [1.82, 2.24) is 4.98 Å². The van der Waals surface area contributed by atoms with Gasteiger partial charge in [0.1, 0.15) is 11.3 Å². The van der Waals surface area contributed by atoms with Crippen molar-refractivity contribution in [3.8, 4) is 0 Å². The monoisotopic (exact) mass is 329 g/mol. The minimum absolute atomic E-state index is 0.00253. The minimum Gasteiger partial charge on any atom is -0.383 e. The molecule has 9 heteroatoms. The molecule has 2 rings (SSSR count). The quantitative estimate of drug-likeness (QED) is 0.489. The minimum atomic E-state index is -1.87. The lowest BCUT2D eigenvalue weighted by Gasteiger charge is -2.07. The molecular weight excluding hydrogens is 327 g/mol. The molecule has 0 amide bonds. The van der Waals surface area contributed by atoms with Gasteiger partial charge in [-0.15, -0.1) is 0 Å². The van der Waals surface area contributed by atoms with Crippen LogP contribution in [-0.4, -0.2) is 14.6 Å². The van der Waals surface area contributed by atoms with E-state index >= 15 is 0 Å². The summed E-state index contributed by atoms with van der Waals surface area (Å²) >= 11 is 17.5. The molecule has 3 nitrogen and oxygen atoms in total. The molecule has 0 aliphatic rings. The van der Waals surface area contributed by atoms with Gasteiger partial charge in [0, 0.05) is 6.07 Å². The molecule has 1 heterocycles. The summed E-state index contributed by atoms with van der Waals surface area (Å²) in [5, 5.41) is 0.0818. The molecule has 0 unspecified atom stereocenters. The predicted molar refractivity (Wildman–Crippen MR) is 71.1 cm³/mol. The number of nitrogens with two attached hydrogens (primary N) is 1. The van der Waals surface area contributed by atoms with Gasteiger partial charge in [0.2, 0.25) is 8.92 Å². The topological polar surface area (TPSA) is 51.3 Å². The lowest BCUT2D eigenvalue weighted by molar-refractivity contribution is 0.591. The number of aromatic nitrogens is 1. The first kappa shape index (κ1) is 13.7. The fourth-order valence-corrected chi connectivity index (χ4v) is 2.18. The normalized spacial score (nSPS) is 13.3. The van der Waals surface area contributed by atoms with E-state index in [1.54, 1.807) is 0 Å². The van der Waals surface area contributed by atoms with Crippen LogP contribution in [0.2, 0.25) is 0 Å². The predicted octanol–water partition coefficient (Wildman–Crippen LogP) is 3.93. The van der Waals surface area contributed by atoms with Crippen molar-refractivity contribution >= 4 is 67.3 Å². The number of thiazole rings is 1. The van der Waals surface area contributed by atoms with Crippen molar-refractivity contribution in [2.45, 2.75) is 3.79 Å². The van der Waals surface area contributed by atoms with E-state index in [-0.39, 0.29) is 16.5 Å². The molecule has 1 aromatic heterocycles. The second kappa shape index (κ2) is 4.77. The summed E-state index contributed by atoms with van der Waals surface area (Å²) in [5.41, 5.74) is 5.42. The SMILES string of the molecule is N/C(=N\c1nc2c(F)cc(F)cc2s1)C(Cl)(Cl)Cl. The Bertz CT molecular complexity index is 636. The Morgan fingerprint density at radius 3 is 2.61 bits per heavy atom. The van der Waals surface area contributed by atoms with E-state index in [1.165, 1.54) is 0 Å². The van der Waals surface area contributed by atoms with Crippen molar-refractivity contribution in [3.63, 3.8) is 0 Å². The Morgan fingerprint density at radius 1 is 1.33 bits per heavy atom. The summed E-state index contributed by atoms with van der Waals surface area (Å²) in [7, 11) is 0. The highest BCUT2D eigenvalue weighted by molar-refractivity contribution is 7.22. The molecule has 0 aliphatic carbocycles. The van der Waals surface area contributed by atoms with E-state index in [2.05, 4.69) is 9.98 Å². The Kier molecular flexibility index (Phi) is 3.64. The Labute approximate surface area is 119 Å². The number of hydrogen-bond acceptors (Lipinski definition) is 3. The Hall–Kier alpha value is -0.690. The van der Waals surface area contributed by atoms with E-state index in [4.69, 9.17) is 40.5 Å². The Morgan fingerprint density at radius 2 is 2.00 bits per heavy atom. The maximum Gasteiger partial charge on any atom is 0.247 e. The second-order valence-corrected chi connectivity index (χ2v) is 6.52. The molecule has 2 aromatic rings. The number of nitrogens with zero attached hydrogens (tertiary/aromatic N) is 2. The summed E-state index contributed by atoms with van der Waals surface area (Å²) in [6, 6.07) is 1.87. The molecule has 18 heavy (non-hydrogen) atoms. The largest absolute Gasteiger partial charge is 0.383 e. The van der Waals surface area contributed by atoms with Crippen molar-refractivity contribution < 1.29 is 8.78 Å². The van der Waals surface area contributed by atoms with Gasteiger partial charge in [-0.25, -0.2) is 18.8 Å². The van der Waals surface area contributed by atoms with Crippen molar-refractivity contribution in [1.29, 1.82) is 0 Å². The standard InChI is InChI=1S/C9H4Cl3F2N3S/c10-9(11,12)7(15)17-8-16-6-4(14)1-3(13)2-5(6)18-8/h1-2H,(H2,15,16,17). The molecule has 0 aliphatic heterocycles. The van der Waals surface area contributed by atoms with Gasteiger partial charge in [0.15, 0.2) is 11.7 Å². The van der Waals surface area contributed by atoms with Gasteiger partial charge in [-0.1, -0.05) is 46.1 Å². The molecule has 0 radical (unpaired) electrons. The molecular formula is C9H4Cl3F2N3S. The van der Waals surface area contributed by atoms with Crippen LogP contribution in [0.3, 0.4) is 0 Å². The fourth-order valence-electron chi connectivity index (χ4n) is 1.16. The maximum absolute atomic E-state index is 13.4. The molecule has 0 saturated carbocycles. The third-order valence-electron chi connectivity index (χ3n) is 1.91. The number of halogens is 5. The highest BCUT2D eigenvalue weighted by atomic mass is 35.6. The third kappa shape index (κ3) is 2.83. The molecule has 0 spiro atoms. The van der Waals surface area contributed by atoms with Crippen LogP contribution in [0.25, 0.3) is 10.2 Å². The molecule has 0 atom stereocenters. The van der Waals surface area contributed by atoms with E-state index in [0.29, 0.717) is 4.70 Å². The fraction of sp³-hybridized carbons (Fsp3) is 0.111. The summed E-state index contributed by atoms with van der Waals surface area (Å²) in [6.45, 7) is 0. The summed E-state index contributed by atoms with van der Waals surface area (Å²) in [5.74, 6) is -1.78.